The summed E-state index contributed by atoms with van der Waals surface area (Å²) in [5.74, 6) is -0.160. The summed E-state index contributed by atoms with van der Waals surface area (Å²) in [5.41, 5.74) is 1.76. The van der Waals surface area contributed by atoms with Crippen molar-refractivity contribution in [2.75, 3.05) is 9.91 Å². The van der Waals surface area contributed by atoms with Gasteiger partial charge < -0.3 is 0 Å². The van der Waals surface area contributed by atoms with Gasteiger partial charge in [0, 0.05) is 17.2 Å². The highest BCUT2D eigenvalue weighted by Gasteiger charge is 2.67. The SMILES string of the molecule is CC1=NN(c2cccc(Cl)c2)C2(C1)C(Cl)C(=O)N2c1nc2ccccc2s1. The van der Waals surface area contributed by atoms with Crippen molar-refractivity contribution in [1.29, 1.82) is 0 Å². The summed E-state index contributed by atoms with van der Waals surface area (Å²) in [6, 6.07) is 15.2. The number of carbonyl (C=O) groups excluding carboxylic acids is 1. The summed E-state index contributed by atoms with van der Waals surface area (Å²) in [6.45, 7) is 1.94. The summed E-state index contributed by atoms with van der Waals surface area (Å²) in [4.78, 5) is 19.2. The smallest absolute Gasteiger partial charge is 0.253 e. The van der Waals surface area contributed by atoms with Crippen molar-refractivity contribution in [3.05, 3.63) is 53.6 Å². The molecule has 2 aromatic carbocycles. The molecule has 0 bridgehead atoms. The van der Waals surface area contributed by atoms with Crippen LogP contribution >= 0.6 is 34.5 Å². The van der Waals surface area contributed by atoms with Crippen molar-refractivity contribution >= 4 is 67.2 Å². The van der Waals surface area contributed by atoms with Crippen molar-refractivity contribution in [1.82, 2.24) is 4.98 Å². The van der Waals surface area contributed by atoms with Gasteiger partial charge in [-0.15, -0.1) is 11.6 Å². The zero-order valence-corrected chi connectivity index (χ0v) is 16.6. The molecule has 0 N–H and O–H groups in total. The maximum atomic E-state index is 12.8. The molecular formula is C19H14Cl2N4OS. The van der Waals surface area contributed by atoms with Crippen LogP contribution in [0, 0.1) is 0 Å². The van der Waals surface area contributed by atoms with Crippen LogP contribution in [0.4, 0.5) is 10.8 Å². The van der Waals surface area contributed by atoms with Crippen LogP contribution in [0.3, 0.4) is 0 Å². The minimum absolute atomic E-state index is 0.160. The Labute approximate surface area is 169 Å². The molecule has 1 spiro atoms. The molecule has 5 rings (SSSR count). The molecule has 1 amide bonds. The molecule has 3 heterocycles. The van der Waals surface area contributed by atoms with Crippen molar-refractivity contribution in [2.24, 2.45) is 5.10 Å². The normalized spacial score (nSPS) is 24.6. The predicted octanol–water partition coefficient (Wildman–Crippen LogP) is 4.89. The second kappa shape index (κ2) is 5.92. The molecule has 0 saturated carbocycles. The fraction of sp³-hybridized carbons (Fsp3) is 0.211. The van der Waals surface area contributed by atoms with E-state index >= 15 is 0 Å². The number of hydrazone groups is 1. The summed E-state index contributed by atoms with van der Waals surface area (Å²) in [6.07, 6.45) is 0.551. The number of carbonyl (C=O) groups is 1. The van der Waals surface area contributed by atoms with Gasteiger partial charge in [0.05, 0.1) is 15.9 Å². The monoisotopic (exact) mass is 416 g/mol. The fourth-order valence-electron chi connectivity index (χ4n) is 3.77. The Balaban J connectivity index is 1.65. The first kappa shape index (κ1) is 17.0. The number of hydrogen-bond donors (Lipinski definition) is 0. The van der Waals surface area contributed by atoms with Gasteiger partial charge in [0.15, 0.2) is 16.2 Å². The zero-order valence-electron chi connectivity index (χ0n) is 14.3. The number of rotatable bonds is 2. The van der Waals surface area contributed by atoms with Crippen molar-refractivity contribution in [2.45, 2.75) is 24.4 Å². The number of aromatic nitrogens is 1. The Morgan fingerprint density at radius 3 is 2.81 bits per heavy atom. The Hall–Kier alpha value is -2.15. The number of anilines is 2. The number of hydrogen-bond acceptors (Lipinski definition) is 5. The molecule has 2 aliphatic rings. The van der Waals surface area contributed by atoms with Gasteiger partial charge in [-0.3, -0.25) is 9.69 Å². The van der Waals surface area contributed by atoms with Gasteiger partial charge >= 0.3 is 0 Å². The number of halogens is 2. The highest BCUT2D eigenvalue weighted by molar-refractivity contribution is 7.22. The van der Waals surface area contributed by atoms with E-state index in [1.165, 1.54) is 11.3 Å². The Kier molecular flexibility index (Phi) is 3.73. The maximum absolute atomic E-state index is 12.8. The standard InChI is InChI=1S/C19H14Cl2N4OS/c1-11-10-19(25(23-11)13-6-4-5-12(20)9-13)16(21)17(26)24(19)18-22-14-7-2-3-8-15(14)27-18/h2-9,16H,10H2,1H3. The van der Waals surface area contributed by atoms with Gasteiger partial charge in [-0.1, -0.05) is 41.1 Å². The molecular weight excluding hydrogens is 403 g/mol. The Morgan fingerprint density at radius 2 is 2.04 bits per heavy atom. The highest BCUT2D eigenvalue weighted by atomic mass is 35.5. The molecule has 1 aromatic heterocycles. The van der Waals surface area contributed by atoms with Crippen LogP contribution in [0.15, 0.2) is 53.6 Å². The van der Waals surface area contributed by atoms with Gasteiger partial charge in [-0.25, -0.2) is 9.99 Å². The van der Waals surface area contributed by atoms with E-state index in [2.05, 4.69) is 10.1 Å². The first-order chi connectivity index (χ1) is 13.0. The van der Waals surface area contributed by atoms with Crippen LogP contribution < -0.4 is 9.91 Å². The Morgan fingerprint density at radius 1 is 1.22 bits per heavy atom. The quantitative estimate of drug-likeness (QED) is 0.441. The van der Waals surface area contributed by atoms with E-state index in [0.29, 0.717) is 16.6 Å². The molecule has 8 heteroatoms. The molecule has 3 aromatic rings. The van der Waals surface area contributed by atoms with Crippen LogP contribution in [-0.2, 0) is 4.79 Å². The molecule has 2 aliphatic heterocycles. The number of amides is 1. The molecule has 0 aliphatic carbocycles. The lowest BCUT2D eigenvalue weighted by atomic mass is 9.88. The third kappa shape index (κ3) is 2.33. The van der Waals surface area contributed by atoms with Gasteiger partial charge in [-0.2, -0.15) is 5.10 Å². The second-order valence-corrected chi connectivity index (χ2v) is 8.56. The van der Waals surface area contributed by atoms with E-state index in [1.807, 2.05) is 54.4 Å². The third-order valence-corrected chi connectivity index (χ3v) is 6.70. The number of alkyl halides is 1. The minimum Gasteiger partial charge on any atom is -0.272 e. The zero-order chi connectivity index (χ0) is 18.8. The van der Waals surface area contributed by atoms with E-state index < -0.39 is 11.0 Å². The molecule has 27 heavy (non-hydrogen) atoms. The topological polar surface area (TPSA) is 48.8 Å². The number of β-lactam (4-membered cyclic amide) rings is 1. The third-order valence-electron chi connectivity index (χ3n) is 4.91. The van der Waals surface area contributed by atoms with E-state index in [0.717, 1.165) is 21.6 Å². The summed E-state index contributed by atoms with van der Waals surface area (Å²) in [5, 5.41) is 7.02. The lowest BCUT2D eigenvalue weighted by Gasteiger charge is -2.55. The van der Waals surface area contributed by atoms with E-state index in [9.17, 15) is 4.79 Å². The van der Waals surface area contributed by atoms with Crippen LogP contribution in [-0.4, -0.2) is 27.6 Å². The average Bonchev–Trinajstić information content (AvgIpc) is 3.23. The van der Waals surface area contributed by atoms with Crippen molar-refractivity contribution in [3.63, 3.8) is 0 Å². The molecule has 2 atom stereocenters. The lowest BCUT2D eigenvalue weighted by Crippen LogP contribution is -2.78. The fourth-order valence-corrected chi connectivity index (χ4v) is 5.36. The number of fused-ring (bicyclic) bond motifs is 1. The highest BCUT2D eigenvalue weighted by Crippen LogP contribution is 2.51. The summed E-state index contributed by atoms with van der Waals surface area (Å²) >= 11 is 14.3. The van der Waals surface area contributed by atoms with Crippen LogP contribution in [0.2, 0.25) is 5.02 Å². The molecule has 1 fully saturated rings. The largest absolute Gasteiger partial charge is 0.272 e. The van der Waals surface area contributed by atoms with Crippen molar-refractivity contribution < 1.29 is 4.79 Å². The Bertz CT molecular complexity index is 1080. The van der Waals surface area contributed by atoms with Gasteiger partial charge in [0.1, 0.15) is 0 Å². The first-order valence-corrected chi connectivity index (χ1v) is 10.1. The summed E-state index contributed by atoms with van der Waals surface area (Å²) in [7, 11) is 0. The van der Waals surface area contributed by atoms with Crippen LogP contribution in [0.5, 0.6) is 0 Å². The number of para-hydroxylation sites is 1. The van der Waals surface area contributed by atoms with Gasteiger partial charge in [0.25, 0.3) is 5.91 Å². The van der Waals surface area contributed by atoms with Crippen LogP contribution in [0.25, 0.3) is 10.2 Å². The second-order valence-electron chi connectivity index (χ2n) is 6.68. The van der Waals surface area contributed by atoms with Gasteiger partial charge in [-0.05, 0) is 37.3 Å². The predicted molar refractivity (Wildman–Crippen MR) is 111 cm³/mol. The molecule has 1 saturated heterocycles. The van der Waals surface area contributed by atoms with Crippen LogP contribution in [0.1, 0.15) is 13.3 Å². The van der Waals surface area contributed by atoms with E-state index in [1.54, 1.807) is 11.0 Å². The lowest BCUT2D eigenvalue weighted by molar-refractivity contribution is -0.126. The minimum atomic E-state index is -0.804. The average molecular weight is 417 g/mol. The number of thiazole rings is 1. The molecule has 2 unspecified atom stereocenters. The van der Waals surface area contributed by atoms with E-state index in [-0.39, 0.29) is 5.91 Å². The molecule has 0 radical (unpaired) electrons. The number of benzene rings is 2. The van der Waals surface area contributed by atoms with Crippen molar-refractivity contribution in [3.8, 4) is 0 Å². The molecule has 5 nitrogen and oxygen atoms in total. The maximum Gasteiger partial charge on any atom is 0.253 e. The van der Waals surface area contributed by atoms with Gasteiger partial charge in [0.2, 0.25) is 0 Å². The first-order valence-electron chi connectivity index (χ1n) is 8.44. The molecule has 136 valence electrons. The summed E-state index contributed by atoms with van der Waals surface area (Å²) < 4.78 is 1.03. The van der Waals surface area contributed by atoms with E-state index in [4.69, 9.17) is 23.2 Å². The number of nitrogens with zero attached hydrogens (tertiary/aromatic N) is 4.